The summed E-state index contributed by atoms with van der Waals surface area (Å²) >= 11 is 0. The fraction of sp³-hybridized carbons (Fsp3) is 0.192. The summed E-state index contributed by atoms with van der Waals surface area (Å²) in [5, 5.41) is 8.13. The average molecular weight is 541 g/mol. The number of rotatable bonds is 7. The number of benzene rings is 2. The second kappa shape index (κ2) is 9.60. The van der Waals surface area contributed by atoms with E-state index in [9.17, 15) is 21.6 Å². The minimum Gasteiger partial charge on any atom is -0.324 e. The van der Waals surface area contributed by atoms with E-state index in [1.165, 1.54) is 6.20 Å². The van der Waals surface area contributed by atoms with Crippen LogP contribution in [0.4, 0.5) is 24.8 Å². The molecule has 0 saturated heterocycles. The first-order chi connectivity index (χ1) is 18.1. The van der Waals surface area contributed by atoms with Crippen molar-refractivity contribution in [2.24, 2.45) is 0 Å². The van der Waals surface area contributed by atoms with Crippen molar-refractivity contribution in [1.29, 1.82) is 0 Å². The van der Waals surface area contributed by atoms with E-state index < -0.39 is 21.8 Å². The topological polar surface area (TPSA) is 94.7 Å². The molecule has 3 aromatic heterocycles. The molecule has 38 heavy (non-hydrogen) atoms. The van der Waals surface area contributed by atoms with Gasteiger partial charge in [0.2, 0.25) is 5.95 Å². The molecule has 12 heteroatoms. The summed E-state index contributed by atoms with van der Waals surface area (Å²) in [5.74, 6) is 0.366. The quantitative estimate of drug-likeness (QED) is 0.272. The van der Waals surface area contributed by atoms with Crippen molar-refractivity contribution in [2.45, 2.75) is 37.9 Å². The first-order valence-electron chi connectivity index (χ1n) is 11.7. The van der Waals surface area contributed by atoms with Crippen molar-refractivity contribution >= 4 is 32.6 Å². The highest BCUT2D eigenvalue weighted by Crippen LogP contribution is 2.31. The van der Waals surface area contributed by atoms with Crippen molar-refractivity contribution in [2.75, 3.05) is 5.32 Å². The molecule has 0 unspecified atom stereocenters. The predicted molar refractivity (Wildman–Crippen MR) is 138 cm³/mol. The third-order valence-electron chi connectivity index (χ3n) is 5.98. The Kier molecular flexibility index (Phi) is 6.43. The molecule has 5 aromatic rings. The Hall–Kier alpha value is -4.19. The molecule has 196 valence electrons. The molecule has 0 fully saturated rings. The van der Waals surface area contributed by atoms with Crippen LogP contribution in [0.5, 0.6) is 0 Å². The van der Waals surface area contributed by atoms with Crippen LogP contribution in [0.15, 0.2) is 78.2 Å². The van der Waals surface area contributed by atoms with E-state index in [4.69, 9.17) is 0 Å². The van der Waals surface area contributed by atoms with Gasteiger partial charge in [0.1, 0.15) is 0 Å². The maximum Gasteiger partial charge on any atom is 0.416 e. The summed E-state index contributed by atoms with van der Waals surface area (Å²) in [6.07, 6.45) is 3.20. The fourth-order valence-electron chi connectivity index (χ4n) is 4.09. The Morgan fingerprint density at radius 3 is 2.50 bits per heavy atom. The number of nitrogens with zero attached hydrogens (tertiary/aromatic N) is 5. The standard InChI is InChI=1S/C26H23F3N6O2S/c1-3-11-34-16-19(15-31-34)24-17(2)14-30-25(33-24)32-21-6-9-23-18(13-21)10-12-35(23)38(36,37)22-7-4-20(5-8-22)26(27,28)29/h4-10,12-16H,3,11H2,1-2H3,(H,30,32,33). The number of alkyl halides is 3. The van der Waals surface area contributed by atoms with Gasteiger partial charge in [-0.2, -0.15) is 18.3 Å². The SMILES string of the molecule is CCCn1cc(-c2nc(Nc3ccc4c(ccn4S(=O)(=O)c4ccc(C(F)(F)F)cc4)c3)ncc2C)cn1. The molecule has 3 heterocycles. The number of aromatic nitrogens is 5. The molecule has 0 atom stereocenters. The van der Waals surface area contributed by atoms with Gasteiger partial charge in [-0.3, -0.25) is 4.68 Å². The lowest BCUT2D eigenvalue weighted by Gasteiger charge is -2.11. The van der Waals surface area contributed by atoms with E-state index >= 15 is 0 Å². The number of halogens is 3. The third-order valence-corrected chi connectivity index (χ3v) is 7.68. The maximum absolute atomic E-state index is 13.1. The van der Waals surface area contributed by atoms with Gasteiger partial charge in [-0.1, -0.05) is 6.92 Å². The molecule has 0 aliphatic carbocycles. The fourth-order valence-corrected chi connectivity index (χ4v) is 5.45. The molecule has 0 saturated carbocycles. The summed E-state index contributed by atoms with van der Waals surface area (Å²) in [6.45, 7) is 4.81. The Morgan fingerprint density at radius 2 is 1.79 bits per heavy atom. The van der Waals surface area contributed by atoms with Gasteiger partial charge in [-0.25, -0.2) is 22.4 Å². The van der Waals surface area contributed by atoms with Crippen LogP contribution < -0.4 is 5.32 Å². The van der Waals surface area contributed by atoms with Gasteiger partial charge in [0.05, 0.1) is 27.9 Å². The lowest BCUT2D eigenvalue weighted by Crippen LogP contribution is -2.12. The zero-order chi connectivity index (χ0) is 27.1. The molecule has 0 radical (unpaired) electrons. The van der Waals surface area contributed by atoms with Gasteiger partial charge in [0.25, 0.3) is 10.0 Å². The number of nitrogens with one attached hydrogen (secondary N) is 1. The van der Waals surface area contributed by atoms with Crippen LogP contribution in [-0.4, -0.2) is 32.1 Å². The normalized spacial score (nSPS) is 12.2. The van der Waals surface area contributed by atoms with Gasteiger partial charge in [0.15, 0.2) is 0 Å². The zero-order valence-corrected chi connectivity index (χ0v) is 21.3. The van der Waals surface area contributed by atoms with Gasteiger partial charge in [-0.15, -0.1) is 0 Å². The predicted octanol–water partition coefficient (Wildman–Crippen LogP) is 6.01. The Labute approximate surface area is 216 Å². The zero-order valence-electron chi connectivity index (χ0n) is 20.4. The summed E-state index contributed by atoms with van der Waals surface area (Å²) < 4.78 is 67.8. The van der Waals surface area contributed by atoms with Crippen LogP contribution in [0.1, 0.15) is 24.5 Å². The van der Waals surface area contributed by atoms with Crippen molar-refractivity contribution in [1.82, 2.24) is 23.7 Å². The molecular formula is C26H23F3N6O2S. The number of fused-ring (bicyclic) bond motifs is 1. The molecular weight excluding hydrogens is 517 g/mol. The number of anilines is 2. The third kappa shape index (κ3) is 4.86. The van der Waals surface area contributed by atoms with Crippen LogP contribution >= 0.6 is 0 Å². The van der Waals surface area contributed by atoms with E-state index in [-0.39, 0.29) is 4.90 Å². The van der Waals surface area contributed by atoms with Crippen LogP contribution in [0.25, 0.3) is 22.2 Å². The van der Waals surface area contributed by atoms with Gasteiger partial charge >= 0.3 is 6.18 Å². The Morgan fingerprint density at radius 1 is 1.03 bits per heavy atom. The molecule has 2 aromatic carbocycles. The molecule has 5 rings (SSSR count). The summed E-state index contributed by atoms with van der Waals surface area (Å²) in [5.41, 5.74) is 2.62. The highest BCUT2D eigenvalue weighted by Gasteiger charge is 2.31. The number of hydrogen-bond donors (Lipinski definition) is 1. The summed E-state index contributed by atoms with van der Waals surface area (Å²) in [4.78, 5) is 8.76. The second-order valence-corrected chi connectivity index (χ2v) is 10.6. The minimum atomic E-state index is -4.55. The molecule has 0 spiro atoms. The minimum absolute atomic E-state index is 0.243. The summed E-state index contributed by atoms with van der Waals surface area (Å²) in [6, 6.07) is 10.1. The summed E-state index contributed by atoms with van der Waals surface area (Å²) in [7, 11) is -4.10. The average Bonchev–Trinajstić information content (AvgIpc) is 3.52. The van der Waals surface area contributed by atoms with Crippen molar-refractivity contribution in [3.63, 3.8) is 0 Å². The largest absolute Gasteiger partial charge is 0.416 e. The highest BCUT2D eigenvalue weighted by molar-refractivity contribution is 7.90. The molecule has 0 aliphatic heterocycles. The van der Waals surface area contributed by atoms with Crippen molar-refractivity contribution in [3.8, 4) is 11.3 Å². The van der Waals surface area contributed by atoms with E-state index in [2.05, 4.69) is 27.3 Å². The van der Waals surface area contributed by atoms with Crippen molar-refractivity contribution in [3.05, 3.63) is 84.4 Å². The molecule has 0 aliphatic rings. The molecule has 1 N–H and O–H groups in total. The van der Waals surface area contributed by atoms with E-state index in [0.29, 0.717) is 22.5 Å². The molecule has 0 amide bonds. The molecule has 8 nitrogen and oxygen atoms in total. The highest BCUT2D eigenvalue weighted by atomic mass is 32.2. The lowest BCUT2D eigenvalue weighted by atomic mass is 10.1. The van der Waals surface area contributed by atoms with Gasteiger partial charge in [-0.05, 0) is 67.4 Å². The molecule has 0 bridgehead atoms. The monoisotopic (exact) mass is 540 g/mol. The van der Waals surface area contributed by atoms with Gasteiger partial charge in [0, 0.05) is 41.8 Å². The van der Waals surface area contributed by atoms with Crippen LogP contribution in [0.3, 0.4) is 0 Å². The second-order valence-electron chi connectivity index (χ2n) is 8.75. The van der Waals surface area contributed by atoms with Gasteiger partial charge < -0.3 is 5.32 Å². The lowest BCUT2D eigenvalue weighted by molar-refractivity contribution is -0.137. The van der Waals surface area contributed by atoms with E-state index in [1.807, 2.05) is 17.8 Å². The number of hydrogen-bond acceptors (Lipinski definition) is 6. The smallest absolute Gasteiger partial charge is 0.324 e. The van der Waals surface area contributed by atoms with E-state index in [0.717, 1.165) is 58.0 Å². The van der Waals surface area contributed by atoms with Crippen molar-refractivity contribution < 1.29 is 21.6 Å². The Bertz CT molecular complexity index is 1720. The maximum atomic E-state index is 13.1. The van der Waals surface area contributed by atoms with Crippen LogP contribution in [0.2, 0.25) is 0 Å². The van der Waals surface area contributed by atoms with Crippen LogP contribution in [0, 0.1) is 6.92 Å². The first-order valence-corrected chi connectivity index (χ1v) is 13.2. The number of aryl methyl sites for hydroxylation is 2. The Balaban J connectivity index is 1.41. The first kappa shape index (κ1) is 25.5. The van der Waals surface area contributed by atoms with Crippen LogP contribution in [-0.2, 0) is 22.7 Å². The van der Waals surface area contributed by atoms with E-state index in [1.54, 1.807) is 36.7 Å².